The van der Waals surface area contributed by atoms with Crippen molar-refractivity contribution in [1.82, 2.24) is 9.97 Å². The van der Waals surface area contributed by atoms with Crippen molar-refractivity contribution in [2.45, 2.75) is 25.8 Å². The maximum Gasteiger partial charge on any atom is 0.224 e. The first-order chi connectivity index (χ1) is 8.70. The zero-order valence-corrected chi connectivity index (χ0v) is 12.2. The van der Waals surface area contributed by atoms with Crippen LogP contribution in [0.4, 0.5) is 5.82 Å². The van der Waals surface area contributed by atoms with Crippen LogP contribution in [0.1, 0.15) is 30.7 Å². The second-order valence-corrected chi connectivity index (χ2v) is 5.56. The lowest BCUT2D eigenvalue weighted by Crippen LogP contribution is -2.11. The fourth-order valence-corrected chi connectivity index (χ4v) is 2.77. The first kappa shape index (κ1) is 13.6. The Labute approximate surface area is 120 Å². The molecule has 3 nitrogen and oxygen atoms in total. The Bertz CT molecular complexity index is 502. The Kier molecular flexibility index (Phi) is 4.80. The highest BCUT2D eigenvalue weighted by molar-refractivity contribution is 7.10. The van der Waals surface area contributed by atoms with E-state index < -0.39 is 0 Å². The van der Waals surface area contributed by atoms with Crippen molar-refractivity contribution >= 4 is 40.4 Å². The van der Waals surface area contributed by atoms with E-state index in [4.69, 9.17) is 23.2 Å². The van der Waals surface area contributed by atoms with Gasteiger partial charge in [0.25, 0.3) is 0 Å². The number of aromatic nitrogens is 2. The molecule has 18 heavy (non-hydrogen) atoms. The van der Waals surface area contributed by atoms with E-state index in [0.29, 0.717) is 10.8 Å². The van der Waals surface area contributed by atoms with Crippen molar-refractivity contribution in [2.24, 2.45) is 0 Å². The lowest BCUT2D eigenvalue weighted by Gasteiger charge is -2.18. The molecule has 0 saturated heterocycles. The van der Waals surface area contributed by atoms with E-state index in [0.717, 1.165) is 12.8 Å². The Hall–Kier alpha value is -0.840. The molecule has 1 N–H and O–H groups in total. The van der Waals surface area contributed by atoms with Gasteiger partial charge in [-0.25, -0.2) is 4.98 Å². The van der Waals surface area contributed by atoms with Crippen LogP contribution in [0, 0.1) is 0 Å². The average molecular weight is 302 g/mol. The van der Waals surface area contributed by atoms with Gasteiger partial charge in [0.2, 0.25) is 5.28 Å². The largest absolute Gasteiger partial charge is 0.361 e. The molecule has 0 aliphatic carbocycles. The minimum absolute atomic E-state index is 0.198. The number of anilines is 1. The molecule has 0 aliphatic rings. The monoisotopic (exact) mass is 301 g/mol. The molecule has 0 amide bonds. The summed E-state index contributed by atoms with van der Waals surface area (Å²) in [5.41, 5.74) is 0. The quantitative estimate of drug-likeness (QED) is 0.806. The third kappa shape index (κ3) is 3.34. The van der Waals surface area contributed by atoms with E-state index in [9.17, 15) is 0 Å². The van der Waals surface area contributed by atoms with Gasteiger partial charge in [0.05, 0.1) is 12.2 Å². The lowest BCUT2D eigenvalue weighted by molar-refractivity contribution is 0.684. The van der Waals surface area contributed by atoms with Crippen molar-refractivity contribution in [3.05, 3.63) is 38.9 Å². The van der Waals surface area contributed by atoms with Gasteiger partial charge >= 0.3 is 0 Å². The van der Waals surface area contributed by atoms with Gasteiger partial charge in [-0.1, -0.05) is 31.0 Å². The Morgan fingerprint density at radius 1 is 1.44 bits per heavy atom. The van der Waals surface area contributed by atoms with Crippen molar-refractivity contribution in [3.8, 4) is 0 Å². The highest BCUT2D eigenvalue weighted by Gasteiger charge is 2.14. The molecule has 0 bridgehead atoms. The molecule has 2 aromatic rings. The van der Waals surface area contributed by atoms with Crippen molar-refractivity contribution in [2.75, 3.05) is 5.32 Å². The van der Waals surface area contributed by atoms with Gasteiger partial charge < -0.3 is 5.32 Å². The summed E-state index contributed by atoms with van der Waals surface area (Å²) >= 11 is 13.6. The Morgan fingerprint density at radius 2 is 2.28 bits per heavy atom. The summed E-state index contributed by atoms with van der Waals surface area (Å²) in [7, 11) is 0. The van der Waals surface area contributed by atoms with Crippen molar-refractivity contribution in [1.29, 1.82) is 0 Å². The summed E-state index contributed by atoms with van der Waals surface area (Å²) in [5, 5.41) is 6.08. The summed E-state index contributed by atoms with van der Waals surface area (Å²) in [4.78, 5) is 9.23. The van der Waals surface area contributed by atoms with Crippen molar-refractivity contribution < 1.29 is 0 Å². The Morgan fingerprint density at radius 3 is 2.94 bits per heavy atom. The van der Waals surface area contributed by atoms with E-state index in [2.05, 4.69) is 33.7 Å². The molecular weight excluding hydrogens is 289 g/mol. The molecule has 96 valence electrons. The van der Waals surface area contributed by atoms with Gasteiger partial charge in [-0.3, -0.25) is 0 Å². The highest BCUT2D eigenvalue weighted by atomic mass is 35.5. The molecular formula is C12H13Cl2N3S. The van der Waals surface area contributed by atoms with E-state index >= 15 is 0 Å². The third-order valence-electron chi connectivity index (χ3n) is 2.49. The van der Waals surface area contributed by atoms with E-state index in [1.807, 2.05) is 6.07 Å². The highest BCUT2D eigenvalue weighted by Crippen LogP contribution is 2.29. The van der Waals surface area contributed by atoms with Crippen LogP contribution in [-0.2, 0) is 0 Å². The average Bonchev–Trinajstić information content (AvgIpc) is 2.87. The summed E-state index contributed by atoms with van der Waals surface area (Å²) in [6.07, 6.45) is 3.60. The fraction of sp³-hybridized carbons (Fsp3) is 0.333. The van der Waals surface area contributed by atoms with Gasteiger partial charge in [0.1, 0.15) is 10.8 Å². The van der Waals surface area contributed by atoms with E-state index in [-0.39, 0.29) is 11.3 Å². The molecule has 0 aromatic carbocycles. The minimum atomic E-state index is 0.198. The number of hydrogen-bond donors (Lipinski definition) is 1. The van der Waals surface area contributed by atoms with Gasteiger partial charge in [-0.05, 0) is 29.5 Å². The number of hydrogen-bond acceptors (Lipinski definition) is 4. The van der Waals surface area contributed by atoms with Crippen LogP contribution in [0.15, 0.2) is 23.7 Å². The van der Waals surface area contributed by atoms with Gasteiger partial charge in [-0.2, -0.15) is 4.98 Å². The molecule has 2 rings (SSSR count). The SMILES string of the molecule is CCCC(Nc1nc(Cl)ncc1Cl)c1cccs1. The van der Waals surface area contributed by atoms with Crippen molar-refractivity contribution in [3.63, 3.8) is 0 Å². The number of nitrogens with zero attached hydrogens (tertiary/aromatic N) is 2. The smallest absolute Gasteiger partial charge is 0.224 e. The molecule has 0 fully saturated rings. The lowest BCUT2D eigenvalue weighted by atomic mass is 10.1. The molecule has 1 atom stereocenters. The van der Waals surface area contributed by atoms with Gasteiger partial charge in [0, 0.05) is 4.88 Å². The van der Waals surface area contributed by atoms with Gasteiger partial charge in [-0.15, -0.1) is 11.3 Å². The topological polar surface area (TPSA) is 37.8 Å². The Balaban J connectivity index is 2.21. The fourth-order valence-electron chi connectivity index (χ4n) is 1.68. The molecule has 0 spiro atoms. The summed E-state index contributed by atoms with van der Waals surface area (Å²) < 4.78 is 0. The van der Waals surface area contributed by atoms with Crippen LogP contribution in [0.2, 0.25) is 10.3 Å². The molecule has 2 aromatic heterocycles. The number of nitrogens with one attached hydrogen (secondary N) is 1. The zero-order chi connectivity index (χ0) is 13.0. The molecule has 1 unspecified atom stereocenters. The predicted octanol–water partition coefficient (Wildman–Crippen LogP) is 4.80. The second-order valence-electron chi connectivity index (χ2n) is 3.84. The second kappa shape index (κ2) is 6.36. The van der Waals surface area contributed by atoms with Crippen LogP contribution in [-0.4, -0.2) is 9.97 Å². The van der Waals surface area contributed by atoms with Crippen LogP contribution in [0.5, 0.6) is 0 Å². The van der Waals surface area contributed by atoms with Crippen LogP contribution < -0.4 is 5.32 Å². The van der Waals surface area contributed by atoms with Gasteiger partial charge in [0.15, 0.2) is 0 Å². The molecule has 0 aliphatic heterocycles. The number of rotatable bonds is 5. The normalized spacial score (nSPS) is 12.4. The van der Waals surface area contributed by atoms with E-state index in [1.165, 1.54) is 11.1 Å². The van der Waals surface area contributed by atoms with Crippen LogP contribution in [0.25, 0.3) is 0 Å². The van der Waals surface area contributed by atoms with Crippen LogP contribution >= 0.6 is 34.5 Å². The first-order valence-electron chi connectivity index (χ1n) is 5.68. The number of thiophene rings is 1. The maximum atomic E-state index is 6.06. The summed E-state index contributed by atoms with van der Waals surface area (Å²) in [6.45, 7) is 2.15. The predicted molar refractivity (Wildman–Crippen MR) is 77.6 cm³/mol. The summed E-state index contributed by atoms with van der Waals surface area (Å²) in [5.74, 6) is 0.587. The molecule has 2 heterocycles. The van der Waals surface area contributed by atoms with E-state index in [1.54, 1.807) is 11.3 Å². The first-order valence-corrected chi connectivity index (χ1v) is 7.32. The van der Waals surface area contributed by atoms with Crippen LogP contribution in [0.3, 0.4) is 0 Å². The maximum absolute atomic E-state index is 6.06. The summed E-state index contributed by atoms with van der Waals surface area (Å²) in [6, 6.07) is 4.35. The molecule has 0 saturated carbocycles. The third-order valence-corrected chi connectivity index (χ3v) is 3.93. The standard InChI is InChI=1S/C12H13Cl2N3S/c1-2-4-9(10-5-3-6-18-10)16-11-8(13)7-15-12(14)17-11/h3,5-7,9H,2,4H2,1H3,(H,15,16,17). The zero-order valence-electron chi connectivity index (χ0n) is 9.86. The molecule has 6 heteroatoms. The number of halogens is 2. The molecule has 0 radical (unpaired) electrons. The minimum Gasteiger partial charge on any atom is -0.361 e.